The van der Waals surface area contributed by atoms with Crippen molar-refractivity contribution in [1.82, 2.24) is 24.6 Å². The van der Waals surface area contributed by atoms with Crippen LogP contribution in [0.3, 0.4) is 0 Å². The Morgan fingerprint density at radius 2 is 2.00 bits per heavy atom. The second-order valence-corrected chi connectivity index (χ2v) is 11.3. The van der Waals surface area contributed by atoms with Crippen LogP contribution >= 0.6 is 7.75 Å². The Balaban J connectivity index is 1.37. The summed E-state index contributed by atoms with van der Waals surface area (Å²) in [6.45, 7) is 2.79. The van der Waals surface area contributed by atoms with Gasteiger partial charge in [-0.15, -0.1) is 0 Å². The molecule has 39 heavy (non-hydrogen) atoms. The number of hydrogen-bond donors (Lipinski definition) is 3. The number of nitrogens with zero attached hydrogens (tertiary/aromatic N) is 4. The number of aliphatic hydroxyl groups excluding tert-OH is 1. The molecule has 1 saturated heterocycles. The van der Waals surface area contributed by atoms with Crippen LogP contribution in [0.4, 0.5) is 5.82 Å². The molecule has 4 atom stereocenters. The third kappa shape index (κ3) is 5.45. The maximum atomic E-state index is 14.1. The van der Waals surface area contributed by atoms with Crippen molar-refractivity contribution < 1.29 is 33.0 Å². The summed E-state index contributed by atoms with van der Waals surface area (Å²) in [5, 5.41) is 15.0. The first-order chi connectivity index (χ1) is 18.6. The zero-order valence-corrected chi connectivity index (χ0v) is 22.4. The van der Waals surface area contributed by atoms with Crippen LogP contribution in [0.25, 0.3) is 21.9 Å². The number of carbonyl (C=O) groups is 1. The highest BCUT2D eigenvalue weighted by Gasteiger charge is 2.43. The molecule has 4 aromatic rings. The number of esters is 1. The molecule has 3 heterocycles. The van der Waals surface area contributed by atoms with Gasteiger partial charge in [0.15, 0.2) is 17.7 Å². The van der Waals surface area contributed by atoms with E-state index >= 15 is 0 Å². The number of hydrogen-bond acceptors (Lipinski definition) is 11. The van der Waals surface area contributed by atoms with Crippen molar-refractivity contribution >= 4 is 41.5 Å². The van der Waals surface area contributed by atoms with Crippen LogP contribution in [0.2, 0.25) is 0 Å². The summed E-state index contributed by atoms with van der Waals surface area (Å²) in [7, 11) is -2.97. The van der Waals surface area contributed by atoms with Crippen molar-refractivity contribution in [1.29, 1.82) is 0 Å². The first-order valence-corrected chi connectivity index (χ1v) is 13.7. The summed E-state index contributed by atoms with van der Waals surface area (Å²) in [5.41, 5.74) is 5.24. The van der Waals surface area contributed by atoms with E-state index in [9.17, 15) is 14.5 Å². The maximum absolute atomic E-state index is 14.1. The normalized spacial score (nSPS) is 21.2. The minimum absolute atomic E-state index is 0.166. The second-order valence-electron chi connectivity index (χ2n) is 9.62. The molecule has 0 radical (unpaired) electrons. The van der Waals surface area contributed by atoms with Crippen molar-refractivity contribution in [3.8, 4) is 5.75 Å². The van der Waals surface area contributed by atoms with E-state index in [1.165, 1.54) is 33.6 Å². The van der Waals surface area contributed by atoms with Gasteiger partial charge in [0.2, 0.25) is 0 Å². The summed E-state index contributed by atoms with van der Waals surface area (Å²) in [6.07, 6.45) is 0.476. The molecule has 4 N–H and O–H groups in total. The van der Waals surface area contributed by atoms with Crippen molar-refractivity contribution in [2.24, 2.45) is 0 Å². The number of nitrogens with one attached hydrogen (secondary N) is 1. The lowest BCUT2D eigenvalue weighted by Crippen LogP contribution is -2.46. The number of nitrogens with two attached hydrogens (primary N) is 1. The van der Waals surface area contributed by atoms with E-state index in [2.05, 4.69) is 20.0 Å². The average molecular weight is 557 g/mol. The fourth-order valence-electron chi connectivity index (χ4n) is 4.45. The molecule has 2 aromatic heterocycles. The minimum atomic E-state index is -4.20. The molecule has 13 nitrogen and oxygen atoms in total. The topological polar surface area (TPSA) is 173 Å². The fourth-order valence-corrected chi connectivity index (χ4v) is 6.17. The standard InChI is InChI=1S/C25H29N6O7P/c1-25(2,24(33)35-3)30-39(34,38-19-10-6-8-15-7-4-5-9-17(15)19)36-12-16-11-18(32)23(37-16)31-14-29-20-21(26)27-13-28-22(20)31/h4-10,13-14,16,18,23,32H,11-12H2,1-3H3,(H,30,34)(H2,26,27,28)/t16?,18?,23-,39?/m1/s1. The number of rotatable bonds is 9. The molecule has 1 aliphatic heterocycles. The molecule has 1 aliphatic rings. The number of benzene rings is 2. The van der Waals surface area contributed by atoms with Crippen LogP contribution in [-0.2, 0) is 23.4 Å². The minimum Gasteiger partial charge on any atom is -0.468 e. The van der Waals surface area contributed by atoms with Gasteiger partial charge in [0.25, 0.3) is 0 Å². The van der Waals surface area contributed by atoms with Crippen molar-refractivity contribution in [2.45, 2.75) is 44.2 Å². The zero-order valence-electron chi connectivity index (χ0n) is 21.6. The highest BCUT2D eigenvalue weighted by Crippen LogP contribution is 2.49. The van der Waals surface area contributed by atoms with E-state index < -0.39 is 37.7 Å². The summed E-state index contributed by atoms with van der Waals surface area (Å²) in [6, 6.07) is 12.8. The number of fused-ring (bicyclic) bond motifs is 2. The van der Waals surface area contributed by atoms with Gasteiger partial charge in [-0.1, -0.05) is 36.4 Å². The van der Waals surface area contributed by atoms with Crippen LogP contribution in [-0.4, -0.2) is 62.1 Å². The summed E-state index contributed by atoms with van der Waals surface area (Å²) >= 11 is 0. The number of anilines is 1. The highest BCUT2D eigenvalue weighted by atomic mass is 31.2. The van der Waals surface area contributed by atoms with Crippen LogP contribution in [0.1, 0.15) is 26.5 Å². The molecular weight excluding hydrogens is 527 g/mol. The predicted molar refractivity (Wildman–Crippen MR) is 142 cm³/mol. The van der Waals surface area contributed by atoms with Crippen LogP contribution in [0.15, 0.2) is 55.1 Å². The van der Waals surface area contributed by atoms with Gasteiger partial charge in [0.05, 0.1) is 26.1 Å². The Labute approximate surface area is 223 Å². The van der Waals surface area contributed by atoms with Crippen molar-refractivity contribution in [2.75, 3.05) is 19.5 Å². The predicted octanol–water partition coefficient (Wildman–Crippen LogP) is 2.96. The summed E-state index contributed by atoms with van der Waals surface area (Å²) in [5.74, 6) is -0.150. The van der Waals surface area contributed by atoms with E-state index in [1.54, 1.807) is 16.7 Å². The molecule has 0 bridgehead atoms. The quantitative estimate of drug-likeness (QED) is 0.203. The van der Waals surface area contributed by atoms with Gasteiger partial charge in [-0.05, 0) is 25.3 Å². The summed E-state index contributed by atoms with van der Waals surface area (Å²) in [4.78, 5) is 24.7. The largest absolute Gasteiger partial charge is 0.468 e. The average Bonchev–Trinajstić information content (AvgIpc) is 3.50. The smallest absolute Gasteiger partial charge is 0.459 e. The number of nitrogen functional groups attached to an aromatic ring is 1. The van der Waals surface area contributed by atoms with E-state index in [4.69, 9.17) is 24.3 Å². The number of methoxy groups -OCH3 is 1. The number of aliphatic hydroxyl groups is 1. The molecule has 2 aromatic carbocycles. The molecule has 0 amide bonds. The zero-order chi connectivity index (χ0) is 27.8. The van der Waals surface area contributed by atoms with Crippen molar-refractivity contribution in [3.63, 3.8) is 0 Å². The van der Waals surface area contributed by atoms with Gasteiger partial charge in [-0.2, -0.15) is 5.09 Å². The third-order valence-corrected chi connectivity index (χ3v) is 8.10. The van der Waals surface area contributed by atoms with Crippen molar-refractivity contribution in [3.05, 3.63) is 55.1 Å². The molecule has 0 saturated carbocycles. The Kier molecular flexibility index (Phi) is 7.27. The van der Waals surface area contributed by atoms with Crippen LogP contribution in [0.5, 0.6) is 5.75 Å². The lowest BCUT2D eigenvalue weighted by molar-refractivity contribution is -0.146. The SMILES string of the molecule is COC(=O)C(C)(C)NP(=O)(OCC1CC(O)[C@H](n2cnc3c(N)ncnc32)O1)Oc1cccc2ccccc12. The fraction of sp³-hybridized carbons (Fsp3) is 0.360. The lowest BCUT2D eigenvalue weighted by atomic mass is 10.1. The molecule has 1 fully saturated rings. The number of aromatic nitrogens is 4. The highest BCUT2D eigenvalue weighted by molar-refractivity contribution is 7.52. The van der Waals surface area contributed by atoms with Gasteiger partial charge in [0, 0.05) is 11.8 Å². The Morgan fingerprint density at radius 3 is 2.79 bits per heavy atom. The molecule has 3 unspecified atom stereocenters. The molecule has 206 valence electrons. The Hall–Kier alpha value is -3.61. The number of ether oxygens (including phenoxy) is 2. The monoisotopic (exact) mass is 556 g/mol. The van der Waals surface area contributed by atoms with Gasteiger partial charge in [0.1, 0.15) is 29.2 Å². The number of carbonyl (C=O) groups excluding carboxylic acids is 1. The molecule has 5 rings (SSSR count). The third-order valence-electron chi connectivity index (χ3n) is 6.34. The van der Waals surface area contributed by atoms with E-state index in [0.29, 0.717) is 22.3 Å². The molecule has 0 spiro atoms. The van der Waals surface area contributed by atoms with Crippen LogP contribution < -0.4 is 15.3 Å². The maximum Gasteiger partial charge on any atom is 0.459 e. The Bertz CT molecular complexity index is 1560. The van der Waals surface area contributed by atoms with Gasteiger partial charge in [-0.3, -0.25) is 13.9 Å². The molecular formula is C25H29N6O7P. The second kappa shape index (κ2) is 10.5. The first-order valence-electron chi connectivity index (χ1n) is 12.2. The lowest BCUT2D eigenvalue weighted by Gasteiger charge is -2.29. The van der Waals surface area contributed by atoms with Crippen LogP contribution in [0, 0.1) is 0 Å². The first kappa shape index (κ1) is 27.0. The Morgan fingerprint density at radius 1 is 1.23 bits per heavy atom. The van der Waals surface area contributed by atoms with Gasteiger partial charge in [-0.25, -0.2) is 19.5 Å². The summed E-state index contributed by atoms with van der Waals surface area (Å²) < 4.78 is 38.3. The number of imidazole rings is 1. The van der Waals surface area contributed by atoms with E-state index in [0.717, 1.165) is 5.39 Å². The molecule has 14 heteroatoms. The van der Waals surface area contributed by atoms with Gasteiger partial charge >= 0.3 is 13.7 Å². The van der Waals surface area contributed by atoms with E-state index in [-0.39, 0.29) is 18.8 Å². The van der Waals surface area contributed by atoms with E-state index in [1.807, 2.05) is 30.3 Å². The van der Waals surface area contributed by atoms with Gasteiger partial charge < -0.3 is 24.8 Å². The molecule has 0 aliphatic carbocycles.